The van der Waals surface area contributed by atoms with Gasteiger partial charge in [-0.05, 0) is 54.8 Å². The molecule has 0 spiro atoms. The van der Waals surface area contributed by atoms with Crippen LogP contribution in [0.3, 0.4) is 0 Å². The van der Waals surface area contributed by atoms with Gasteiger partial charge in [0.05, 0.1) is 31.8 Å². The summed E-state index contributed by atoms with van der Waals surface area (Å²) in [6.07, 6.45) is 1.43. The molecule has 4 rings (SSSR count). The lowest BCUT2D eigenvalue weighted by atomic mass is 9.76. The van der Waals surface area contributed by atoms with Gasteiger partial charge in [-0.2, -0.15) is 5.26 Å². The van der Waals surface area contributed by atoms with Crippen molar-refractivity contribution >= 4 is 11.7 Å². The average Bonchev–Trinajstić information content (AvgIpc) is 2.85. The zero-order valence-corrected chi connectivity index (χ0v) is 18.8. The molecule has 1 heterocycles. The summed E-state index contributed by atoms with van der Waals surface area (Å²) in [5.41, 5.74) is 11.2. The quantitative estimate of drug-likeness (QED) is 0.619. The Labute approximate surface area is 196 Å². The largest absolute Gasteiger partial charge is 0.508 e. The number of benzene rings is 2. The number of phenolic OH excluding ortho intramolecular Hbond substituents is 1. The number of ketones is 1. The van der Waals surface area contributed by atoms with E-state index < -0.39 is 11.8 Å². The molecular formula is C25H24N4O5. The maximum atomic E-state index is 13.1. The number of amides is 1. The normalized spacial score (nSPS) is 17.7. The Kier molecular flexibility index (Phi) is 6.15. The molecule has 1 aliphatic heterocycles. The summed E-state index contributed by atoms with van der Waals surface area (Å²) < 4.78 is 10.7. The number of phenols is 1. The van der Waals surface area contributed by atoms with Crippen LogP contribution in [0.1, 0.15) is 41.1 Å². The number of allylic oxidation sites excluding steroid dienone is 3. The minimum Gasteiger partial charge on any atom is -0.508 e. The molecule has 0 radical (unpaired) electrons. The van der Waals surface area contributed by atoms with E-state index in [-0.39, 0.29) is 28.5 Å². The Morgan fingerprint density at radius 2 is 1.85 bits per heavy atom. The SMILES string of the molecule is COc1ccc(C2C(C#N)=C(N)N(NC(=O)c3ccc(O)cc3)C3=C2C(=O)CCC3)cc1OC. The number of nitrogens with one attached hydrogen (secondary N) is 1. The second-order valence-corrected chi connectivity index (χ2v) is 7.92. The van der Waals surface area contributed by atoms with Crippen LogP contribution in [0.15, 0.2) is 65.1 Å². The van der Waals surface area contributed by atoms with Gasteiger partial charge in [-0.25, -0.2) is 5.01 Å². The summed E-state index contributed by atoms with van der Waals surface area (Å²) in [6.45, 7) is 0. The van der Waals surface area contributed by atoms with E-state index in [1.165, 1.54) is 43.5 Å². The number of rotatable bonds is 5. The number of carbonyl (C=O) groups excluding carboxylic acids is 2. The van der Waals surface area contributed by atoms with Gasteiger partial charge in [0.1, 0.15) is 11.6 Å². The van der Waals surface area contributed by atoms with E-state index in [9.17, 15) is 20.0 Å². The standard InChI is InChI=1S/C25H24N4O5/c1-33-20-11-8-15(12-21(20)34-2)22-17(13-26)24(27)29(18-4-3-5-19(31)23(18)22)28-25(32)14-6-9-16(30)10-7-14/h6-12,22,30H,3-5,27H2,1-2H3,(H,28,32). The van der Waals surface area contributed by atoms with Crippen molar-refractivity contribution in [2.45, 2.75) is 25.2 Å². The van der Waals surface area contributed by atoms with E-state index >= 15 is 0 Å². The Balaban J connectivity index is 1.81. The van der Waals surface area contributed by atoms with E-state index in [0.29, 0.717) is 47.6 Å². The van der Waals surface area contributed by atoms with Gasteiger partial charge in [-0.3, -0.25) is 15.0 Å². The lowest BCUT2D eigenvalue weighted by molar-refractivity contribution is -0.116. The topological polar surface area (TPSA) is 138 Å². The highest BCUT2D eigenvalue weighted by molar-refractivity contribution is 6.00. The van der Waals surface area contributed by atoms with Crippen LogP contribution in [0.5, 0.6) is 17.2 Å². The maximum Gasteiger partial charge on any atom is 0.270 e. The smallest absolute Gasteiger partial charge is 0.270 e. The van der Waals surface area contributed by atoms with Gasteiger partial charge in [-0.1, -0.05) is 6.07 Å². The van der Waals surface area contributed by atoms with Crippen molar-refractivity contribution in [3.8, 4) is 23.3 Å². The van der Waals surface area contributed by atoms with Crippen molar-refractivity contribution in [3.63, 3.8) is 0 Å². The number of hydrazine groups is 1. The summed E-state index contributed by atoms with van der Waals surface area (Å²) in [5, 5.41) is 20.9. The van der Waals surface area contributed by atoms with Crippen LogP contribution in [0.4, 0.5) is 0 Å². The van der Waals surface area contributed by atoms with Gasteiger partial charge in [-0.15, -0.1) is 0 Å². The fourth-order valence-electron chi connectivity index (χ4n) is 4.36. The van der Waals surface area contributed by atoms with Crippen molar-refractivity contribution < 1.29 is 24.2 Å². The Morgan fingerprint density at radius 3 is 2.50 bits per heavy atom. The number of carbonyl (C=O) groups is 2. The molecule has 9 nitrogen and oxygen atoms in total. The zero-order valence-electron chi connectivity index (χ0n) is 18.8. The number of methoxy groups -OCH3 is 2. The lowest BCUT2D eigenvalue weighted by Crippen LogP contribution is -2.48. The molecule has 34 heavy (non-hydrogen) atoms. The molecule has 0 bridgehead atoms. The van der Waals surface area contributed by atoms with E-state index in [1.54, 1.807) is 18.2 Å². The van der Waals surface area contributed by atoms with E-state index in [0.717, 1.165) is 0 Å². The van der Waals surface area contributed by atoms with E-state index in [1.807, 2.05) is 0 Å². The van der Waals surface area contributed by atoms with Crippen molar-refractivity contribution in [1.29, 1.82) is 5.26 Å². The van der Waals surface area contributed by atoms with Crippen molar-refractivity contribution in [2.75, 3.05) is 14.2 Å². The molecule has 1 atom stereocenters. The molecule has 0 saturated carbocycles. The third-order valence-electron chi connectivity index (χ3n) is 6.00. The van der Waals surface area contributed by atoms with Crippen molar-refractivity contribution in [1.82, 2.24) is 10.4 Å². The monoisotopic (exact) mass is 460 g/mol. The van der Waals surface area contributed by atoms with Gasteiger partial charge >= 0.3 is 0 Å². The van der Waals surface area contributed by atoms with E-state index in [4.69, 9.17) is 15.2 Å². The summed E-state index contributed by atoms with van der Waals surface area (Å²) in [6, 6.07) is 13.1. The molecule has 0 aromatic heterocycles. The zero-order chi connectivity index (χ0) is 24.4. The third kappa shape index (κ3) is 3.90. The van der Waals surface area contributed by atoms with Crippen LogP contribution in [0, 0.1) is 11.3 Å². The molecule has 2 aromatic rings. The van der Waals surface area contributed by atoms with Gasteiger partial charge in [0.25, 0.3) is 5.91 Å². The highest BCUT2D eigenvalue weighted by Crippen LogP contribution is 2.45. The van der Waals surface area contributed by atoms with Crippen LogP contribution in [-0.2, 0) is 4.79 Å². The van der Waals surface area contributed by atoms with Gasteiger partial charge < -0.3 is 20.3 Å². The predicted octanol–water partition coefficient (Wildman–Crippen LogP) is 2.85. The third-order valence-corrected chi connectivity index (χ3v) is 6.00. The number of aromatic hydroxyl groups is 1. The van der Waals surface area contributed by atoms with Crippen LogP contribution < -0.4 is 20.6 Å². The highest BCUT2D eigenvalue weighted by Gasteiger charge is 2.40. The molecule has 9 heteroatoms. The minimum absolute atomic E-state index is 0.0290. The molecule has 4 N–H and O–H groups in total. The second-order valence-electron chi connectivity index (χ2n) is 7.92. The molecule has 1 aliphatic carbocycles. The summed E-state index contributed by atoms with van der Waals surface area (Å²) >= 11 is 0. The van der Waals surface area contributed by atoms with Gasteiger partial charge in [0, 0.05) is 23.3 Å². The van der Waals surface area contributed by atoms with Gasteiger partial charge in [0.2, 0.25) is 0 Å². The van der Waals surface area contributed by atoms with Gasteiger partial charge in [0.15, 0.2) is 17.3 Å². The number of hydrogen-bond acceptors (Lipinski definition) is 8. The maximum absolute atomic E-state index is 13.1. The van der Waals surface area contributed by atoms with Crippen molar-refractivity contribution in [2.24, 2.45) is 5.73 Å². The Bertz CT molecular complexity index is 1260. The first-order valence-corrected chi connectivity index (χ1v) is 10.7. The minimum atomic E-state index is -0.700. The van der Waals surface area contributed by atoms with Crippen LogP contribution >= 0.6 is 0 Å². The Hall–Kier alpha value is -4.45. The van der Waals surface area contributed by atoms with Crippen LogP contribution in [-0.4, -0.2) is 36.0 Å². The Morgan fingerprint density at radius 1 is 1.15 bits per heavy atom. The molecule has 2 aliphatic rings. The summed E-state index contributed by atoms with van der Waals surface area (Å²) in [5.74, 6) is -0.243. The first kappa shape index (κ1) is 22.7. The van der Waals surface area contributed by atoms with Crippen molar-refractivity contribution in [3.05, 3.63) is 76.3 Å². The number of ether oxygens (including phenoxy) is 2. The van der Waals surface area contributed by atoms with E-state index in [2.05, 4.69) is 11.5 Å². The van der Waals surface area contributed by atoms with Crippen LogP contribution in [0.25, 0.3) is 0 Å². The number of Topliss-reactive ketones (excluding diaryl/α,β-unsaturated/α-hetero) is 1. The first-order chi connectivity index (χ1) is 16.4. The number of nitrogens with two attached hydrogens (primary N) is 1. The first-order valence-electron chi connectivity index (χ1n) is 10.7. The lowest BCUT2D eigenvalue weighted by Gasteiger charge is -2.39. The van der Waals surface area contributed by atoms with Crippen LogP contribution in [0.2, 0.25) is 0 Å². The fraction of sp³-hybridized carbons (Fsp3) is 0.240. The number of nitrogens with zero attached hydrogens (tertiary/aromatic N) is 2. The molecule has 174 valence electrons. The molecule has 0 fully saturated rings. The average molecular weight is 460 g/mol. The highest BCUT2D eigenvalue weighted by atomic mass is 16.5. The molecule has 2 aromatic carbocycles. The summed E-state index contributed by atoms with van der Waals surface area (Å²) in [4.78, 5) is 26.0. The summed E-state index contributed by atoms with van der Waals surface area (Å²) in [7, 11) is 3.03. The molecule has 0 saturated heterocycles. The predicted molar refractivity (Wildman–Crippen MR) is 122 cm³/mol. The second kappa shape index (κ2) is 9.19. The molecular weight excluding hydrogens is 436 g/mol. The number of hydrogen-bond donors (Lipinski definition) is 3. The molecule has 1 amide bonds. The number of nitriles is 1. The molecule has 1 unspecified atom stereocenters. The fourth-order valence-corrected chi connectivity index (χ4v) is 4.36.